The normalized spacial score (nSPS) is 16.3. The van der Waals surface area contributed by atoms with Crippen molar-refractivity contribution >= 4 is 27.5 Å². The van der Waals surface area contributed by atoms with Crippen molar-refractivity contribution in [1.82, 2.24) is 15.0 Å². The molecule has 0 spiro atoms. The molecule has 0 saturated carbocycles. The van der Waals surface area contributed by atoms with Crippen molar-refractivity contribution < 1.29 is 23.7 Å². The monoisotopic (exact) mass is 480 g/mol. The lowest BCUT2D eigenvalue weighted by atomic mass is 9.94. The summed E-state index contributed by atoms with van der Waals surface area (Å²) in [6.07, 6.45) is 3.67. The Morgan fingerprint density at radius 3 is 2.77 bits per heavy atom. The first-order valence-electron chi connectivity index (χ1n) is 11.7. The van der Waals surface area contributed by atoms with Crippen LogP contribution < -0.4 is 9.64 Å². The van der Waals surface area contributed by atoms with Gasteiger partial charge in [-0.25, -0.2) is 8.78 Å². The maximum Gasteiger partial charge on any atom is 0.318 e. The molecule has 4 aromatic rings. The van der Waals surface area contributed by atoms with E-state index in [-0.39, 0.29) is 41.1 Å². The highest BCUT2D eigenvalue weighted by molar-refractivity contribution is 6.01. The van der Waals surface area contributed by atoms with E-state index >= 15 is 4.39 Å². The third-order valence-electron chi connectivity index (χ3n) is 6.66. The second kappa shape index (κ2) is 9.22. The molecule has 182 valence electrons. The first-order chi connectivity index (χ1) is 16.9. The predicted octanol–water partition coefficient (Wildman–Crippen LogP) is 4.61. The first kappa shape index (κ1) is 23.2. The quantitative estimate of drug-likeness (QED) is 0.431. The summed E-state index contributed by atoms with van der Waals surface area (Å²) in [5, 5.41) is 21.5. The number of halogens is 2. The maximum atomic E-state index is 16.1. The van der Waals surface area contributed by atoms with Crippen molar-refractivity contribution in [3.63, 3.8) is 0 Å². The van der Waals surface area contributed by atoms with Gasteiger partial charge in [0.15, 0.2) is 5.82 Å². The van der Waals surface area contributed by atoms with Crippen LogP contribution in [-0.4, -0.2) is 52.0 Å². The Labute approximate surface area is 201 Å². The van der Waals surface area contributed by atoms with Gasteiger partial charge in [-0.05, 0) is 59.7 Å². The Morgan fingerprint density at radius 1 is 1.20 bits per heavy atom. The largest absolute Gasteiger partial charge is 0.508 e. The Morgan fingerprint density at radius 2 is 2.03 bits per heavy atom. The number of hydrogen-bond acceptors (Lipinski definition) is 7. The molecule has 35 heavy (non-hydrogen) atoms. The zero-order chi connectivity index (χ0) is 24.7. The number of anilines is 1. The Kier molecular flexibility index (Phi) is 6.10. The average Bonchev–Trinajstić information content (AvgIpc) is 2.88. The summed E-state index contributed by atoms with van der Waals surface area (Å²) in [5.74, 6) is -0.602. The van der Waals surface area contributed by atoms with Gasteiger partial charge >= 0.3 is 6.01 Å². The first-order valence-corrected chi connectivity index (χ1v) is 11.7. The number of pyridine rings is 1. The van der Waals surface area contributed by atoms with Crippen LogP contribution in [0.2, 0.25) is 0 Å². The highest BCUT2D eigenvalue weighted by Gasteiger charge is 2.26. The number of benzene rings is 2. The number of rotatable bonds is 5. The fraction of sp³-hybridized carbons (Fsp3) is 0.346. The van der Waals surface area contributed by atoms with Gasteiger partial charge in [0.1, 0.15) is 28.6 Å². The van der Waals surface area contributed by atoms with E-state index in [0.717, 1.165) is 12.8 Å². The number of fused-ring (bicyclic) bond motifs is 2. The van der Waals surface area contributed by atoms with Gasteiger partial charge in [-0.2, -0.15) is 9.97 Å². The number of aliphatic hydroxyl groups excluding tert-OH is 1. The fourth-order valence-corrected chi connectivity index (χ4v) is 4.98. The molecule has 0 amide bonds. The molecule has 1 aliphatic rings. The SMILES string of the molecule is CCc1c(F)ccc2cc(O)cc(-c3ncc4c(N5CCCC(CO)C5)nc(OC)nc4c3F)c12. The molecule has 1 atom stereocenters. The number of piperidine rings is 1. The van der Waals surface area contributed by atoms with E-state index in [1.54, 1.807) is 6.07 Å². The molecule has 2 N–H and O–H groups in total. The number of ether oxygens (including phenoxy) is 1. The lowest BCUT2D eigenvalue weighted by Gasteiger charge is -2.33. The number of aromatic hydroxyl groups is 1. The lowest BCUT2D eigenvalue weighted by molar-refractivity contribution is 0.208. The van der Waals surface area contributed by atoms with E-state index in [1.165, 1.54) is 31.5 Å². The average molecular weight is 481 g/mol. The second-order valence-electron chi connectivity index (χ2n) is 8.82. The van der Waals surface area contributed by atoms with Crippen LogP contribution >= 0.6 is 0 Å². The van der Waals surface area contributed by atoms with Crippen LogP contribution in [0.5, 0.6) is 11.8 Å². The molecule has 2 aromatic heterocycles. The van der Waals surface area contributed by atoms with E-state index in [4.69, 9.17) is 4.74 Å². The number of aliphatic hydroxyl groups is 1. The van der Waals surface area contributed by atoms with Crippen LogP contribution in [0.25, 0.3) is 32.9 Å². The van der Waals surface area contributed by atoms with Gasteiger partial charge in [0.25, 0.3) is 0 Å². The number of aryl methyl sites for hydroxylation is 1. The minimum Gasteiger partial charge on any atom is -0.508 e. The number of aromatic nitrogens is 3. The van der Waals surface area contributed by atoms with Crippen molar-refractivity contribution in [2.75, 3.05) is 31.7 Å². The standard InChI is InChI=1S/C26H26F2N4O3/c1-3-17-20(27)7-6-15-9-16(34)10-18(21(15)17)23-22(28)24-19(11-29-23)25(31-26(30-24)35-2)32-8-4-5-14(12-32)13-33/h6-7,9-11,14,33-34H,3-5,8,12-13H2,1-2H3. The molecule has 3 heterocycles. The molecule has 1 saturated heterocycles. The van der Waals surface area contributed by atoms with Gasteiger partial charge in [0, 0.05) is 31.5 Å². The summed E-state index contributed by atoms with van der Waals surface area (Å²) in [6, 6.07) is 5.83. The molecule has 5 rings (SSSR count). The van der Waals surface area contributed by atoms with Crippen LogP contribution in [0.15, 0.2) is 30.5 Å². The van der Waals surface area contributed by atoms with Crippen LogP contribution in [0, 0.1) is 17.6 Å². The van der Waals surface area contributed by atoms with E-state index in [1.807, 2.05) is 11.8 Å². The van der Waals surface area contributed by atoms with Crippen LogP contribution in [0.4, 0.5) is 14.6 Å². The molecule has 7 nitrogen and oxygen atoms in total. The van der Waals surface area contributed by atoms with E-state index in [9.17, 15) is 14.6 Å². The number of phenolic OH excluding ortho intramolecular Hbond substituents is 1. The fourth-order valence-electron chi connectivity index (χ4n) is 4.98. The minimum atomic E-state index is -0.710. The molecule has 1 unspecified atom stereocenters. The second-order valence-corrected chi connectivity index (χ2v) is 8.82. The van der Waals surface area contributed by atoms with Crippen molar-refractivity contribution in [3.05, 3.63) is 47.7 Å². The maximum absolute atomic E-state index is 16.1. The van der Waals surface area contributed by atoms with Crippen molar-refractivity contribution in [1.29, 1.82) is 0 Å². The summed E-state index contributed by atoms with van der Waals surface area (Å²) in [4.78, 5) is 15.2. The summed E-state index contributed by atoms with van der Waals surface area (Å²) in [7, 11) is 1.41. The van der Waals surface area contributed by atoms with Gasteiger partial charge in [-0.15, -0.1) is 0 Å². The van der Waals surface area contributed by atoms with Gasteiger partial charge < -0.3 is 19.8 Å². The molecular formula is C26H26F2N4O3. The van der Waals surface area contributed by atoms with Crippen molar-refractivity contribution in [2.24, 2.45) is 5.92 Å². The number of methoxy groups -OCH3 is 1. The molecule has 1 aliphatic heterocycles. The molecule has 0 aliphatic carbocycles. The van der Waals surface area contributed by atoms with Crippen molar-refractivity contribution in [2.45, 2.75) is 26.2 Å². The smallest absolute Gasteiger partial charge is 0.318 e. The Hall–Kier alpha value is -3.59. The lowest BCUT2D eigenvalue weighted by Crippen LogP contribution is -2.37. The summed E-state index contributed by atoms with van der Waals surface area (Å²) in [5.41, 5.74) is 0.683. The zero-order valence-electron chi connectivity index (χ0n) is 19.6. The Balaban J connectivity index is 1.76. The summed E-state index contributed by atoms with van der Waals surface area (Å²) >= 11 is 0. The van der Waals surface area contributed by atoms with Gasteiger partial charge in [0.05, 0.1) is 12.5 Å². The van der Waals surface area contributed by atoms with Gasteiger partial charge in [0.2, 0.25) is 0 Å². The van der Waals surface area contributed by atoms with E-state index < -0.39 is 11.6 Å². The number of nitrogens with zero attached hydrogens (tertiary/aromatic N) is 4. The van der Waals surface area contributed by atoms with Crippen LogP contribution in [0.3, 0.4) is 0 Å². The molecule has 0 radical (unpaired) electrons. The Bertz CT molecular complexity index is 1430. The minimum absolute atomic E-state index is 0.00994. The number of hydrogen-bond donors (Lipinski definition) is 2. The summed E-state index contributed by atoms with van der Waals surface area (Å²) < 4.78 is 36.0. The van der Waals surface area contributed by atoms with E-state index in [0.29, 0.717) is 47.1 Å². The third kappa shape index (κ3) is 3.99. The highest BCUT2D eigenvalue weighted by atomic mass is 19.1. The topological polar surface area (TPSA) is 91.6 Å². The van der Waals surface area contributed by atoms with E-state index in [2.05, 4.69) is 15.0 Å². The third-order valence-corrected chi connectivity index (χ3v) is 6.66. The van der Waals surface area contributed by atoms with Crippen LogP contribution in [-0.2, 0) is 6.42 Å². The molecule has 9 heteroatoms. The molecule has 2 aromatic carbocycles. The predicted molar refractivity (Wildman–Crippen MR) is 130 cm³/mol. The molecule has 1 fully saturated rings. The highest BCUT2D eigenvalue weighted by Crippen LogP contribution is 2.39. The molecule has 0 bridgehead atoms. The van der Waals surface area contributed by atoms with Crippen molar-refractivity contribution in [3.8, 4) is 23.0 Å². The molecular weight excluding hydrogens is 454 g/mol. The van der Waals surface area contributed by atoms with Crippen LogP contribution in [0.1, 0.15) is 25.3 Å². The van der Waals surface area contributed by atoms with Gasteiger partial charge in [-0.1, -0.05) is 13.0 Å². The van der Waals surface area contributed by atoms with Gasteiger partial charge in [-0.3, -0.25) is 4.98 Å². The zero-order valence-corrected chi connectivity index (χ0v) is 19.6. The number of phenols is 1. The summed E-state index contributed by atoms with van der Waals surface area (Å²) in [6.45, 7) is 3.16.